The van der Waals surface area contributed by atoms with Gasteiger partial charge in [-0.25, -0.2) is 4.79 Å². The van der Waals surface area contributed by atoms with Crippen LogP contribution in [0.4, 0.5) is 4.79 Å². The summed E-state index contributed by atoms with van der Waals surface area (Å²) in [5.41, 5.74) is 0.793. The van der Waals surface area contributed by atoms with Gasteiger partial charge in [0.05, 0.1) is 5.69 Å². The first-order valence-corrected chi connectivity index (χ1v) is 8.86. The Hall–Kier alpha value is -1.70. The molecule has 2 heterocycles. The number of carbonyl (C=O) groups excluding carboxylic acids is 2. The average molecular weight is 339 g/mol. The van der Waals surface area contributed by atoms with Gasteiger partial charge in [0.25, 0.3) is 5.91 Å². The number of piperidine rings is 1. The lowest BCUT2D eigenvalue weighted by molar-refractivity contribution is 0.0938. The molecule has 1 aliphatic heterocycles. The first-order valence-electron chi connectivity index (χ1n) is 8.08. The molecule has 23 heavy (non-hydrogen) atoms. The van der Waals surface area contributed by atoms with Gasteiger partial charge in [-0.15, -0.1) is 5.10 Å². The number of carbonyl (C=O) groups is 2. The second-order valence-electron chi connectivity index (χ2n) is 6.12. The monoisotopic (exact) mass is 339 g/mol. The number of likely N-dealkylation sites (tertiary alicyclic amines) is 1. The maximum atomic E-state index is 12.3. The maximum Gasteiger partial charge on any atom is 0.319 e. The van der Waals surface area contributed by atoms with E-state index in [-0.39, 0.29) is 11.9 Å². The summed E-state index contributed by atoms with van der Waals surface area (Å²) in [6, 6.07) is 0.0624. The molecule has 0 atom stereocenters. The third-order valence-electron chi connectivity index (χ3n) is 4.07. The van der Waals surface area contributed by atoms with E-state index < -0.39 is 0 Å². The Morgan fingerprint density at radius 3 is 2.65 bits per heavy atom. The molecule has 1 aromatic rings. The predicted octanol–water partition coefficient (Wildman–Crippen LogP) is 1.61. The lowest BCUT2D eigenvalue weighted by Crippen LogP contribution is -2.45. The van der Waals surface area contributed by atoms with Crippen molar-refractivity contribution >= 4 is 23.5 Å². The smallest absolute Gasteiger partial charge is 0.319 e. The van der Waals surface area contributed by atoms with Crippen molar-refractivity contribution in [3.63, 3.8) is 0 Å². The molecule has 1 aliphatic rings. The van der Waals surface area contributed by atoms with Gasteiger partial charge < -0.3 is 15.1 Å². The topological polar surface area (TPSA) is 78.4 Å². The highest BCUT2D eigenvalue weighted by Gasteiger charge is 2.24. The molecule has 8 heteroatoms. The molecule has 0 spiro atoms. The Morgan fingerprint density at radius 2 is 2.04 bits per heavy atom. The first-order chi connectivity index (χ1) is 11.0. The number of urea groups is 1. The summed E-state index contributed by atoms with van der Waals surface area (Å²) in [4.78, 5) is 28.3. The average Bonchev–Trinajstić information content (AvgIpc) is 3.01. The Morgan fingerprint density at radius 1 is 1.35 bits per heavy atom. The van der Waals surface area contributed by atoms with Gasteiger partial charge in [-0.3, -0.25) is 4.79 Å². The number of aryl methyl sites for hydroxylation is 1. The molecule has 1 saturated heterocycles. The molecular weight excluding hydrogens is 314 g/mol. The number of aromatic nitrogens is 2. The molecule has 0 radical (unpaired) electrons. The van der Waals surface area contributed by atoms with Crippen LogP contribution in [0, 0.1) is 5.92 Å². The van der Waals surface area contributed by atoms with Gasteiger partial charge in [-0.1, -0.05) is 17.8 Å². The number of amides is 3. The minimum atomic E-state index is -0.0738. The van der Waals surface area contributed by atoms with Gasteiger partial charge in [0.2, 0.25) is 0 Å². The van der Waals surface area contributed by atoms with Crippen molar-refractivity contribution in [2.24, 2.45) is 5.92 Å². The van der Waals surface area contributed by atoms with Crippen molar-refractivity contribution in [3.05, 3.63) is 10.6 Å². The molecule has 128 valence electrons. The highest BCUT2D eigenvalue weighted by Crippen LogP contribution is 2.18. The standard InChI is InChI=1S/C15H25N5O2S/c1-4-5-12-13(23-18-17-12)14(21)16-10-11-6-8-20(9-7-11)15(22)19(2)3/h11H,4-10H2,1-3H3,(H,16,21). The largest absolute Gasteiger partial charge is 0.351 e. The summed E-state index contributed by atoms with van der Waals surface area (Å²) in [6.45, 7) is 4.21. The van der Waals surface area contributed by atoms with E-state index in [0.717, 1.165) is 56.0 Å². The summed E-state index contributed by atoms with van der Waals surface area (Å²) in [7, 11) is 3.54. The van der Waals surface area contributed by atoms with Gasteiger partial charge in [-0.2, -0.15) is 0 Å². The van der Waals surface area contributed by atoms with Crippen LogP contribution >= 0.6 is 11.5 Å². The molecule has 0 aromatic carbocycles. The van der Waals surface area contributed by atoms with Crippen LogP contribution in [0.15, 0.2) is 0 Å². The van der Waals surface area contributed by atoms with Crippen molar-refractivity contribution < 1.29 is 9.59 Å². The van der Waals surface area contributed by atoms with Crippen molar-refractivity contribution in [3.8, 4) is 0 Å². The summed E-state index contributed by atoms with van der Waals surface area (Å²) >= 11 is 1.16. The lowest BCUT2D eigenvalue weighted by atomic mass is 9.97. The molecule has 0 unspecified atom stereocenters. The zero-order valence-electron chi connectivity index (χ0n) is 14.0. The molecule has 0 bridgehead atoms. The van der Waals surface area contributed by atoms with E-state index in [0.29, 0.717) is 17.3 Å². The fourth-order valence-corrected chi connectivity index (χ4v) is 3.33. The van der Waals surface area contributed by atoms with E-state index in [2.05, 4.69) is 21.8 Å². The van der Waals surface area contributed by atoms with E-state index >= 15 is 0 Å². The molecule has 1 N–H and O–H groups in total. The van der Waals surface area contributed by atoms with Crippen molar-refractivity contribution in [1.82, 2.24) is 24.7 Å². The summed E-state index contributed by atoms with van der Waals surface area (Å²) < 4.78 is 3.88. The predicted molar refractivity (Wildman–Crippen MR) is 89.6 cm³/mol. The Labute approximate surface area is 141 Å². The van der Waals surface area contributed by atoms with Gasteiger partial charge >= 0.3 is 6.03 Å². The number of hydrogen-bond acceptors (Lipinski definition) is 5. The minimum absolute atomic E-state index is 0.0624. The normalized spacial score (nSPS) is 15.5. The number of nitrogens with zero attached hydrogens (tertiary/aromatic N) is 4. The van der Waals surface area contributed by atoms with Crippen LogP contribution in [-0.2, 0) is 6.42 Å². The van der Waals surface area contributed by atoms with E-state index in [1.807, 2.05) is 4.90 Å². The van der Waals surface area contributed by atoms with Crippen LogP contribution in [0.2, 0.25) is 0 Å². The van der Waals surface area contributed by atoms with Crippen LogP contribution in [0.25, 0.3) is 0 Å². The van der Waals surface area contributed by atoms with E-state index in [9.17, 15) is 9.59 Å². The molecule has 3 amide bonds. The van der Waals surface area contributed by atoms with Crippen molar-refractivity contribution in [2.75, 3.05) is 33.7 Å². The van der Waals surface area contributed by atoms with Crippen molar-refractivity contribution in [1.29, 1.82) is 0 Å². The van der Waals surface area contributed by atoms with Crippen LogP contribution in [0.5, 0.6) is 0 Å². The Bertz CT molecular complexity index is 538. The summed E-state index contributed by atoms with van der Waals surface area (Å²) in [5, 5.41) is 7.02. The molecule has 1 aromatic heterocycles. The Balaban J connectivity index is 1.78. The molecule has 2 rings (SSSR count). The number of rotatable bonds is 5. The van der Waals surface area contributed by atoms with Gasteiger partial charge in [0, 0.05) is 33.7 Å². The lowest BCUT2D eigenvalue weighted by Gasteiger charge is -2.33. The molecule has 0 aliphatic carbocycles. The van der Waals surface area contributed by atoms with E-state index in [1.165, 1.54) is 0 Å². The first kappa shape index (κ1) is 17.7. The maximum absolute atomic E-state index is 12.3. The van der Waals surface area contributed by atoms with Crippen LogP contribution < -0.4 is 5.32 Å². The minimum Gasteiger partial charge on any atom is -0.351 e. The van der Waals surface area contributed by atoms with Gasteiger partial charge in [0.1, 0.15) is 4.88 Å². The quantitative estimate of drug-likeness (QED) is 0.884. The zero-order chi connectivity index (χ0) is 16.8. The summed E-state index contributed by atoms with van der Waals surface area (Å²) in [5.74, 6) is 0.343. The highest BCUT2D eigenvalue weighted by atomic mass is 32.1. The molecule has 1 fully saturated rings. The zero-order valence-corrected chi connectivity index (χ0v) is 14.9. The van der Waals surface area contributed by atoms with Gasteiger partial charge in [-0.05, 0) is 36.7 Å². The van der Waals surface area contributed by atoms with Crippen LogP contribution in [0.3, 0.4) is 0 Å². The Kier molecular flexibility index (Phi) is 6.32. The van der Waals surface area contributed by atoms with Crippen LogP contribution in [0.1, 0.15) is 41.6 Å². The summed E-state index contributed by atoms with van der Waals surface area (Å²) in [6.07, 6.45) is 3.57. The number of hydrogen-bond donors (Lipinski definition) is 1. The second kappa shape index (κ2) is 8.24. The SMILES string of the molecule is CCCc1nnsc1C(=O)NCC1CCN(C(=O)N(C)C)CC1. The second-order valence-corrected chi connectivity index (χ2v) is 6.87. The van der Waals surface area contributed by atoms with Crippen LogP contribution in [-0.4, -0.2) is 65.1 Å². The fraction of sp³-hybridized carbons (Fsp3) is 0.733. The van der Waals surface area contributed by atoms with Crippen molar-refractivity contribution in [2.45, 2.75) is 32.6 Å². The molecule has 7 nitrogen and oxygen atoms in total. The fourth-order valence-electron chi connectivity index (χ4n) is 2.71. The molecular formula is C15H25N5O2S. The van der Waals surface area contributed by atoms with Gasteiger partial charge in [0.15, 0.2) is 0 Å². The number of nitrogens with one attached hydrogen (secondary N) is 1. The highest BCUT2D eigenvalue weighted by molar-refractivity contribution is 7.08. The van der Waals surface area contributed by atoms with E-state index in [1.54, 1.807) is 19.0 Å². The molecule has 0 saturated carbocycles. The third kappa shape index (κ3) is 4.63. The van der Waals surface area contributed by atoms with E-state index in [4.69, 9.17) is 0 Å². The third-order valence-corrected chi connectivity index (χ3v) is 4.83.